The summed E-state index contributed by atoms with van der Waals surface area (Å²) in [6.45, 7) is 3.43. The minimum Gasteiger partial charge on any atom is -0.464 e. The van der Waals surface area contributed by atoms with Crippen LogP contribution < -0.4 is 0 Å². The largest absolute Gasteiger partial charge is 0.464 e. The highest BCUT2D eigenvalue weighted by atomic mass is 35.5. The van der Waals surface area contributed by atoms with Gasteiger partial charge in [-0.05, 0) is 19.9 Å². The molecule has 0 saturated carbocycles. The smallest absolute Gasteiger partial charge is 0.332 e. The Bertz CT molecular complexity index is 519. The number of azo groups is 1. The second-order valence-corrected chi connectivity index (χ2v) is 3.94. The van der Waals surface area contributed by atoms with Crippen LogP contribution >= 0.6 is 11.6 Å². The molecule has 1 aromatic rings. The number of benzene rings is 1. The lowest BCUT2D eigenvalue weighted by Crippen LogP contribution is -2.17. The van der Waals surface area contributed by atoms with E-state index in [1.807, 2.05) is 0 Å². The van der Waals surface area contributed by atoms with Crippen molar-refractivity contribution >= 4 is 28.9 Å². The van der Waals surface area contributed by atoms with Gasteiger partial charge in [-0.1, -0.05) is 11.6 Å². The maximum absolute atomic E-state index is 11.3. The van der Waals surface area contributed by atoms with Crippen LogP contribution in [0, 0.1) is 10.1 Å². The molecule has 102 valence electrons. The molecule has 0 bridgehead atoms. The predicted molar refractivity (Wildman–Crippen MR) is 68.7 cm³/mol. The summed E-state index contributed by atoms with van der Waals surface area (Å²) < 4.78 is 4.75. The molecule has 0 radical (unpaired) electrons. The molecule has 1 unspecified atom stereocenters. The Morgan fingerprint density at radius 1 is 1.58 bits per heavy atom. The summed E-state index contributed by atoms with van der Waals surface area (Å²) in [5.74, 6) is -0.521. The van der Waals surface area contributed by atoms with Crippen molar-refractivity contribution in [1.29, 1.82) is 0 Å². The van der Waals surface area contributed by atoms with Crippen LogP contribution in [0.5, 0.6) is 0 Å². The quantitative estimate of drug-likeness (QED) is 0.359. The van der Waals surface area contributed by atoms with Crippen LogP contribution in [0.4, 0.5) is 11.4 Å². The molecule has 1 aromatic carbocycles. The molecular weight excluding hydrogens is 274 g/mol. The van der Waals surface area contributed by atoms with Gasteiger partial charge in [0.15, 0.2) is 6.04 Å². The summed E-state index contributed by atoms with van der Waals surface area (Å²) in [6.07, 6.45) is 0. The Labute approximate surface area is 114 Å². The number of rotatable bonds is 5. The van der Waals surface area contributed by atoms with Crippen LogP contribution in [0.25, 0.3) is 0 Å². The number of carbonyl (C=O) groups is 1. The van der Waals surface area contributed by atoms with E-state index in [1.54, 1.807) is 6.92 Å². The van der Waals surface area contributed by atoms with E-state index in [0.717, 1.165) is 0 Å². The lowest BCUT2D eigenvalue weighted by molar-refractivity contribution is -0.384. The molecule has 0 aliphatic rings. The monoisotopic (exact) mass is 285 g/mol. The first-order valence-electron chi connectivity index (χ1n) is 5.47. The minimum absolute atomic E-state index is 0.131. The van der Waals surface area contributed by atoms with E-state index in [-0.39, 0.29) is 23.0 Å². The number of hydrogen-bond donors (Lipinski definition) is 0. The highest BCUT2D eigenvalue weighted by Gasteiger charge is 2.14. The van der Waals surface area contributed by atoms with Crippen molar-refractivity contribution in [3.8, 4) is 0 Å². The highest BCUT2D eigenvalue weighted by molar-refractivity contribution is 6.33. The number of ether oxygens (including phenoxy) is 1. The number of nitro benzene ring substituents is 1. The van der Waals surface area contributed by atoms with Crippen LogP contribution in [-0.4, -0.2) is 23.5 Å². The number of halogens is 1. The fourth-order valence-corrected chi connectivity index (χ4v) is 1.31. The summed E-state index contributed by atoms with van der Waals surface area (Å²) in [4.78, 5) is 21.4. The Morgan fingerprint density at radius 2 is 2.26 bits per heavy atom. The van der Waals surface area contributed by atoms with Gasteiger partial charge in [-0.2, -0.15) is 10.2 Å². The molecule has 0 fully saturated rings. The molecular formula is C11H12ClN3O4. The second-order valence-electron chi connectivity index (χ2n) is 3.54. The Kier molecular flexibility index (Phi) is 5.37. The van der Waals surface area contributed by atoms with E-state index in [4.69, 9.17) is 16.3 Å². The molecule has 0 aliphatic heterocycles. The van der Waals surface area contributed by atoms with Gasteiger partial charge >= 0.3 is 5.97 Å². The number of nitrogens with zero attached hydrogens (tertiary/aromatic N) is 3. The van der Waals surface area contributed by atoms with Crippen molar-refractivity contribution in [2.75, 3.05) is 6.61 Å². The van der Waals surface area contributed by atoms with Crippen molar-refractivity contribution in [1.82, 2.24) is 0 Å². The summed E-state index contributed by atoms with van der Waals surface area (Å²) >= 11 is 5.83. The van der Waals surface area contributed by atoms with Crippen molar-refractivity contribution in [3.63, 3.8) is 0 Å². The molecule has 0 amide bonds. The lowest BCUT2D eigenvalue weighted by atomic mass is 10.3. The van der Waals surface area contributed by atoms with Gasteiger partial charge in [0.25, 0.3) is 5.69 Å². The molecule has 19 heavy (non-hydrogen) atoms. The zero-order valence-electron chi connectivity index (χ0n) is 10.4. The third-order valence-corrected chi connectivity index (χ3v) is 2.43. The number of non-ortho nitro benzene ring substituents is 1. The molecule has 0 N–H and O–H groups in total. The highest BCUT2D eigenvalue weighted by Crippen LogP contribution is 2.29. The van der Waals surface area contributed by atoms with Crippen molar-refractivity contribution < 1.29 is 14.5 Å². The zero-order chi connectivity index (χ0) is 14.4. The van der Waals surface area contributed by atoms with Gasteiger partial charge in [0.1, 0.15) is 5.69 Å². The topological polar surface area (TPSA) is 94.2 Å². The normalized spacial score (nSPS) is 12.4. The molecule has 0 spiro atoms. The predicted octanol–water partition coefficient (Wildman–Crippen LogP) is 3.28. The van der Waals surface area contributed by atoms with Gasteiger partial charge in [-0.3, -0.25) is 10.1 Å². The molecule has 0 heterocycles. The maximum Gasteiger partial charge on any atom is 0.332 e. The zero-order valence-corrected chi connectivity index (χ0v) is 11.1. The molecule has 0 aromatic heterocycles. The van der Waals surface area contributed by atoms with Gasteiger partial charge in [0.05, 0.1) is 16.6 Å². The van der Waals surface area contributed by atoms with E-state index >= 15 is 0 Å². The lowest BCUT2D eigenvalue weighted by Gasteiger charge is -2.04. The molecule has 0 aliphatic carbocycles. The number of esters is 1. The fourth-order valence-electron chi connectivity index (χ4n) is 1.15. The fraction of sp³-hybridized carbons (Fsp3) is 0.364. The van der Waals surface area contributed by atoms with Gasteiger partial charge < -0.3 is 4.74 Å². The van der Waals surface area contributed by atoms with E-state index in [2.05, 4.69) is 10.2 Å². The third-order valence-electron chi connectivity index (χ3n) is 2.11. The standard InChI is InChI=1S/C11H12ClN3O4/c1-3-19-11(16)7(2)13-14-10-6-8(15(17)18)4-5-9(10)12/h4-7H,3H2,1-2H3. The minimum atomic E-state index is -0.796. The van der Waals surface area contributed by atoms with Crippen molar-refractivity contribution in [2.24, 2.45) is 10.2 Å². The van der Waals surface area contributed by atoms with Gasteiger partial charge in [0, 0.05) is 12.1 Å². The summed E-state index contributed by atoms with van der Waals surface area (Å²) in [5, 5.41) is 18.3. The average Bonchev–Trinajstić information content (AvgIpc) is 2.37. The molecule has 7 nitrogen and oxygen atoms in total. The Morgan fingerprint density at radius 3 is 2.84 bits per heavy atom. The van der Waals surface area contributed by atoms with Gasteiger partial charge in [-0.25, -0.2) is 4.79 Å². The van der Waals surface area contributed by atoms with Gasteiger partial charge in [-0.15, -0.1) is 0 Å². The third kappa shape index (κ3) is 4.29. The summed E-state index contributed by atoms with van der Waals surface area (Å²) in [7, 11) is 0. The van der Waals surface area contributed by atoms with E-state index in [1.165, 1.54) is 25.1 Å². The van der Waals surface area contributed by atoms with Crippen LogP contribution in [0.1, 0.15) is 13.8 Å². The maximum atomic E-state index is 11.3. The van der Waals surface area contributed by atoms with E-state index in [9.17, 15) is 14.9 Å². The summed E-state index contributed by atoms with van der Waals surface area (Å²) in [5.41, 5.74) is -0.0193. The Hall–Kier alpha value is -2.02. The number of nitro groups is 1. The molecule has 0 saturated heterocycles. The first-order valence-corrected chi connectivity index (χ1v) is 5.85. The average molecular weight is 286 g/mol. The van der Waals surface area contributed by atoms with Crippen LogP contribution in [0.2, 0.25) is 5.02 Å². The van der Waals surface area contributed by atoms with Gasteiger partial charge in [0.2, 0.25) is 0 Å². The first kappa shape index (κ1) is 15.0. The van der Waals surface area contributed by atoms with Crippen LogP contribution in [-0.2, 0) is 9.53 Å². The number of hydrogen-bond acceptors (Lipinski definition) is 6. The van der Waals surface area contributed by atoms with Crippen molar-refractivity contribution in [3.05, 3.63) is 33.3 Å². The number of carbonyl (C=O) groups excluding carboxylic acids is 1. The second kappa shape index (κ2) is 6.79. The molecule has 1 rings (SSSR count). The SMILES string of the molecule is CCOC(=O)C(C)N=Nc1cc([N+](=O)[O-])ccc1Cl. The van der Waals surface area contributed by atoms with Crippen LogP contribution in [0.15, 0.2) is 28.4 Å². The Balaban J connectivity index is 2.89. The van der Waals surface area contributed by atoms with Crippen LogP contribution in [0.3, 0.4) is 0 Å². The molecule has 1 atom stereocenters. The molecule has 8 heteroatoms. The van der Waals surface area contributed by atoms with E-state index < -0.39 is 16.9 Å². The van der Waals surface area contributed by atoms with E-state index in [0.29, 0.717) is 0 Å². The summed E-state index contributed by atoms with van der Waals surface area (Å²) in [6, 6.07) is 3.00. The van der Waals surface area contributed by atoms with Crippen molar-refractivity contribution in [2.45, 2.75) is 19.9 Å². The first-order chi connectivity index (χ1) is 8.95.